The van der Waals surface area contributed by atoms with Gasteiger partial charge in [0.2, 0.25) is 0 Å². The maximum absolute atomic E-state index is 4.58. The molecule has 2 aromatic rings. The maximum atomic E-state index is 4.58. The van der Waals surface area contributed by atoms with E-state index in [-0.39, 0.29) is 0 Å². The molecule has 0 bridgehead atoms. The van der Waals surface area contributed by atoms with Crippen LogP contribution in [0, 0.1) is 9.49 Å². The number of halogens is 1. The highest BCUT2D eigenvalue weighted by Gasteiger charge is 2.22. The Morgan fingerprint density at radius 2 is 2.00 bits per heavy atom. The quantitative estimate of drug-likeness (QED) is 0.691. The summed E-state index contributed by atoms with van der Waals surface area (Å²) >= 11 is 2.34. The van der Waals surface area contributed by atoms with Crippen molar-refractivity contribution < 1.29 is 0 Å². The number of nitrogens with zero attached hydrogens (tertiary/aromatic N) is 2. The van der Waals surface area contributed by atoms with Crippen molar-refractivity contribution in [2.75, 3.05) is 0 Å². The van der Waals surface area contributed by atoms with E-state index >= 15 is 0 Å². The van der Waals surface area contributed by atoms with Gasteiger partial charge in [0.25, 0.3) is 0 Å². The Labute approximate surface area is 128 Å². The van der Waals surface area contributed by atoms with Gasteiger partial charge in [-0.2, -0.15) is 0 Å². The minimum absolute atomic E-state index is 0.625. The van der Waals surface area contributed by atoms with Gasteiger partial charge in [-0.05, 0) is 53.5 Å². The predicted octanol–water partition coefficient (Wildman–Crippen LogP) is 4.91. The molecule has 1 aliphatic carbocycles. The SMILES string of the molecule is CC1CCCC(n2ccnc2-c2ccc(I)cc2)C1. The molecule has 1 aliphatic rings. The first-order chi connectivity index (χ1) is 9.24. The molecule has 0 N–H and O–H groups in total. The molecule has 0 radical (unpaired) electrons. The van der Waals surface area contributed by atoms with Crippen LogP contribution in [0.4, 0.5) is 0 Å². The molecule has 1 fully saturated rings. The van der Waals surface area contributed by atoms with Crippen molar-refractivity contribution in [3.8, 4) is 11.4 Å². The molecule has 0 saturated heterocycles. The average Bonchev–Trinajstić information content (AvgIpc) is 2.89. The molecule has 1 heterocycles. The lowest BCUT2D eigenvalue weighted by molar-refractivity contribution is 0.284. The zero-order valence-corrected chi connectivity index (χ0v) is 13.4. The van der Waals surface area contributed by atoms with Crippen LogP contribution in [-0.2, 0) is 0 Å². The predicted molar refractivity (Wildman–Crippen MR) is 87.0 cm³/mol. The Hall–Kier alpha value is -0.840. The molecule has 100 valence electrons. The maximum Gasteiger partial charge on any atom is 0.140 e. The molecule has 1 saturated carbocycles. The monoisotopic (exact) mass is 366 g/mol. The van der Waals surface area contributed by atoms with Gasteiger partial charge in [0.05, 0.1) is 0 Å². The summed E-state index contributed by atoms with van der Waals surface area (Å²) in [6.07, 6.45) is 9.38. The molecule has 3 heteroatoms. The number of benzene rings is 1. The number of aromatic nitrogens is 2. The Bertz CT molecular complexity index is 544. The zero-order chi connectivity index (χ0) is 13.2. The highest BCUT2D eigenvalue weighted by molar-refractivity contribution is 14.1. The molecule has 1 aromatic heterocycles. The fourth-order valence-corrected chi connectivity index (χ4v) is 3.44. The summed E-state index contributed by atoms with van der Waals surface area (Å²) in [7, 11) is 0. The summed E-state index contributed by atoms with van der Waals surface area (Å²) in [6, 6.07) is 9.27. The molecule has 2 atom stereocenters. The van der Waals surface area contributed by atoms with Crippen LogP contribution in [0.3, 0.4) is 0 Å². The van der Waals surface area contributed by atoms with Gasteiger partial charge in [0.15, 0.2) is 0 Å². The third kappa shape index (κ3) is 2.86. The van der Waals surface area contributed by atoms with E-state index in [4.69, 9.17) is 0 Å². The first kappa shape index (κ1) is 13.2. The van der Waals surface area contributed by atoms with Crippen molar-refractivity contribution in [2.45, 2.75) is 38.6 Å². The molecular formula is C16H19IN2. The lowest BCUT2D eigenvalue weighted by atomic mass is 9.87. The minimum Gasteiger partial charge on any atom is -0.328 e. The molecular weight excluding hydrogens is 347 g/mol. The van der Waals surface area contributed by atoms with Gasteiger partial charge in [-0.25, -0.2) is 4.98 Å². The lowest BCUT2D eigenvalue weighted by Crippen LogP contribution is -2.17. The van der Waals surface area contributed by atoms with Crippen LogP contribution in [0.5, 0.6) is 0 Å². The summed E-state index contributed by atoms with van der Waals surface area (Å²) in [4.78, 5) is 4.58. The zero-order valence-electron chi connectivity index (χ0n) is 11.2. The van der Waals surface area contributed by atoms with Crippen molar-refractivity contribution in [3.05, 3.63) is 40.2 Å². The second-order valence-electron chi connectivity index (χ2n) is 5.59. The first-order valence-electron chi connectivity index (χ1n) is 7.03. The Kier molecular flexibility index (Phi) is 3.91. The van der Waals surface area contributed by atoms with Crippen molar-refractivity contribution in [1.29, 1.82) is 0 Å². The molecule has 0 amide bonds. The van der Waals surface area contributed by atoms with E-state index in [1.54, 1.807) is 0 Å². The molecule has 0 spiro atoms. The van der Waals surface area contributed by atoms with Crippen LogP contribution in [0.2, 0.25) is 0 Å². The van der Waals surface area contributed by atoms with E-state index in [1.807, 2.05) is 6.20 Å². The van der Waals surface area contributed by atoms with Crippen molar-refractivity contribution >= 4 is 22.6 Å². The second kappa shape index (κ2) is 5.65. The molecule has 2 unspecified atom stereocenters. The average molecular weight is 366 g/mol. The lowest BCUT2D eigenvalue weighted by Gasteiger charge is -2.29. The van der Waals surface area contributed by atoms with Gasteiger partial charge >= 0.3 is 0 Å². The van der Waals surface area contributed by atoms with Gasteiger partial charge in [-0.15, -0.1) is 0 Å². The number of hydrogen-bond acceptors (Lipinski definition) is 1. The number of imidazole rings is 1. The highest BCUT2D eigenvalue weighted by Crippen LogP contribution is 2.34. The summed E-state index contributed by atoms with van der Waals surface area (Å²) in [5.41, 5.74) is 1.23. The molecule has 1 aromatic carbocycles. The van der Waals surface area contributed by atoms with E-state index in [1.165, 1.54) is 34.8 Å². The highest BCUT2D eigenvalue weighted by atomic mass is 127. The molecule has 2 nitrogen and oxygen atoms in total. The van der Waals surface area contributed by atoms with Crippen molar-refractivity contribution in [3.63, 3.8) is 0 Å². The topological polar surface area (TPSA) is 17.8 Å². The van der Waals surface area contributed by atoms with Crippen molar-refractivity contribution in [2.24, 2.45) is 5.92 Å². The van der Waals surface area contributed by atoms with Crippen LogP contribution in [0.1, 0.15) is 38.6 Å². The van der Waals surface area contributed by atoms with E-state index in [0.717, 1.165) is 11.7 Å². The Balaban J connectivity index is 1.91. The van der Waals surface area contributed by atoms with Crippen LogP contribution in [0.15, 0.2) is 36.7 Å². The van der Waals surface area contributed by atoms with Crippen LogP contribution >= 0.6 is 22.6 Å². The van der Waals surface area contributed by atoms with Gasteiger partial charge in [-0.3, -0.25) is 0 Å². The van der Waals surface area contributed by atoms with Gasteiger partial charge < -0.3 is 4.57 Å². The van der Waals surface area contributed by atoms with Crippen LogP contribution in [-0.4, -0.2) is 9.55 Å². The summed E-state index contributed by atoms with van der Waals surface area (Å²) in [5.74, 6) is 1.96. The van der Waals surface area contributed by atoms with Gasteiger partial charge in [0.1, 0.15) is 5.82 Å². The van der Waals surface area contributed by atoms with E-state index < -0.39 is 0 Å². The van der Waals surface area contributed by atoms with Crippen molar-refractivity contribution in [1.82, 2.24) is 9.55 Å². The van der Waals surface area contributed by atoms with Gasteiger partial charge in [-0.1, -0.05) is 31.9 Å². The molecule has 0 aliphatic heterocycles. The second-order valence-corrected chi connectivity index (χ2v) is 6.84. The van der Waals surface area contributed by atoms with Crippen LogP contribution in [0.25, 0.3) is 11.4 Å². The normalized spacial score (nSPS) is 23.5. The fourth-order valence-electron chi connectivity index (χ4n) is 3.08. The summed E-state index contributed by atoms with van der Waals surface area (Å²) in [6.45, 7) is 2.37. The summed E-state index contributed by atoms with van der Waals surface area (Å²) < 4.78 is 3.66. The van der Waals surface area contributed by atoms with E-state index in [9.17, 15) is 0 Å². The number of hydrogen-bond donors (Lipinski definition) is 0. The smallest absolute Gasteiger partial charge is 0.140 e. The number of rotatable bonds is 2. The largest absolute Gasteiger partial charge is 0.328 e. The Morgan fingerprint density at radius 3 is 2.74 bits per heavy atom. The third-order valence-corrected chi connectivity index (χ3v) is 4.79. The molecule has 3 rings (SSSR count). The standard InChI is InChI=1S/C16H19IN2/c1-12-3-2-4-15(11-12)19-10-9-18-16(19)13-5-7-14(17)8-6-13/h5-10,12,15H,2-4,11H2,1H3. The third-order valence-electron chi connectivity index (χ3n) is 4.07. The molecule has 19 heavy (non-hydrogen) atoms. The first-order valence-corrected chi connectivity index (χ1v) is 8.10. The van der Waals surface area contributed by atoms with Gasteiger partial charge in [0, 0.05) is 27.6 Å². The Morgan fingerprint density at radius 1 is 1.21 bits per heavy atom. The van der Waals surface area contributed by atoms with E-state index in [0.29, 0.717) is 6.04 Å². The summed E-state index contributed by atoms with van der Waals surface area (Å²) in [5, 5.41) is 0. The fraction of sp³-hybridized carbons (Fsp3) is 0.438. The van der Waals surface area contributed by atoms with E-state index in [2.05, 4.69) is 69.5 Å². The van der Waals surface area contributed by atoms with Crippen LogP contribution < -0.4 is 0 Å². The minimum atomic E-state index is 0.625.